The highest BCUT2D eigenvalue weighted by atomic mass is 32.1. The lowest BCUT2D eigenvalue weighted by Crippen LogP contribution is -2.34. The first-order valence-electron chi connectivity index (χ1n) is 7.28. The van der Waals surface area contributed by atoms with Crippen LogP contribution in [0.4, 0.5) is 5.69 Å². The predicted molar refractivity (Wildman–Crippen MR) is 97.4 cm³/mol. The molecule has 2 aromatic carbocycles. The molecule has 0 aliphatic carbocycles. The summed E-state index contributed by atoms with van der Waals surface area (Å²) in [5, 5.41) is 5.80. The van der Waals surface area contributed by atoms with Crippen molar-refractivity contribution in [1.82, 2.24) is 5.32 Å². The minimum absolute atomic E-state index is 0.192. The number of nitrogens with one attached hydrogen (secondary N) is 2. The van der Waals surface area contributed by atoms with E-state index in [1.54, 1.807) is 18.2 Å². The molecular weight excluding hydrogens is 324 g/mol. The van der Waals surface area contributed by atoms with Crippen molar-refractivity contribution in [1.29, 1.82) is 0 Å². The molecule has 5 nitrogen and oxygen atoms in total. The number of carbonyl (C=O) groups excluding carboxylic acids is 2. The standard InChI is InChI=1S/C18H18N2O3S/c1-11-7-8-12(2)15(9-11)19-18(24)20-16(21)13-5-4-6-14(10-13)17(22)23-3/h4-10H,1-3H3,(H2,19,20,21,24). The van der Waals surface area contributed by atoms with Gasteiger partial charge in [0.2, 0.25) is 0 Å². The number of ether oxygens (including phenoxy) is 1. The highest BCUT2D eigenvalue weighted by Gasteiger charge is 2.12. The summed E-state index contributed by atoms with van der Waals surface area (Å²) in [6, 6.07) is 12.2. The molecule has 0 unspecified atom stereocenters. The summed E-state index contributed by atoms with van der Waals surface area (Å²) in [5.41, 5.74) is 3.57. The number of hydrogen-bond acceptors (Lipinski definition) is 4. The molecule has 0 aromatic heterocycles. The van der Waals surface area contributed by atoms with Crippen LogP contribution in [0.2, 0.25) is 0 Å². The Bertz CT molecular complexity index is 803. The Kier molecular flexibility index (Phi) is 5.65. The van der Waals surface area contributed by atoms with E-state index in [-0.39, 0.29) is 5.11 Å². The first kappa shape index (κ1) is 17.6. The SMILES string of the molecule is COC(=O)c1cccc(C(=O)NC(=S)Nc2cc(C)ccc2C)c1. The van der Waals surface area contributed by atoms with Crippen molar-refractivity contribution in [2.24, 2.45) is 0 Å². The molecule has 0 spiro atoms. The van der Waals surface area contributed by atoms with Gasteiger partial charge in [-0.3, -0.25) is 10.1 Å². The summed E-state index contributed by atoms with van der Waals surface area (Å²) in [6.45, 7) is 3.93. The number of anilines is 1. The Morgan fingerprint density at radius 1 is 1.04 bits per heavy atom. The van der Waals surface area contributed by atoms with Gasteiger partial charge < -0.3 is 10.1 Å². The molecule has 0 aliphatic heterocycles. The Morgan fingerprint density at radius 3 is 2.46 bits per heavy atom. The molecule has 0 aliphatic rings. The number of esters is 1. The van der Waals surface area contributed by atoms with Crippen LogP contribution >= 0.6 is 12.2 Å². The van der Waals surface area contributed by atoms with E-state index in [0.29, 0.717) is 11.1 Å². The third-order valence-corrected chi connectivity index (χ3v) is 3.62. The van der Waals surface area contributed by atoms with Gasteiger partial charge in [0.1, 0.15) is 0 Å². The number of carbonyl (C=O) groups is 2. The lowest BCUT2D eigenvalue weighted by atomic mass is 10.1. The second kappa shape index (κ2) is 7.70. The number of amides is 1. The Balaban J connectivity index is 2.08. The van der Waals surface area contributed by atoms with Crippen molar-refractivity contribution < 1.29 is 14.3 Å². The van der Waals surface area contributed by atoms with Gasteiger partial charge >= 0.3 is 5.97 Å². The molecule has 1 amide bonds. The van der Waals surface area contributed by atoms with Gasteiger partial charge in [-0.05, 0) is 61.5 Å². The Morgan fingerprint density at radius 2 is 1.75 bits per heavy atom. The minimum atomic E-state index is -0.499. The highest BCUT2D eigenvalue weighted by molar-refractivity contribution is 7.80. The average Bonchev–Trinajstić information content (AvgIpc) is 2.57. The summed E-state index contributed by atoms with van der Waals surface area (Å²) < 4.78 is 4.65. The molecule has 0 heterocycles. The number of thiocarbonyl (C=S) groups is 1. The molecule has 2 aromatic rings. The fourth-order valence-electron chi connectivity index (χ4n) is 2.10. The molecule has 6 heteroatoms. The molecule has 24 heavy (non-hydrogen) atoms. The summed E-state index contributed by atoms with van der Waals surface area (Å²) in [6.07, 6.45) is 0. The molecule has 0 bridgehead atoms. The lowest BCUT2D eigenvalue weighted by molar-refractivity contribution is 0.0600. The third-order valence-electron chi connectivity index (χ3n) is 3.41. The molecule has 2 rings (SSSR count). The van der Waals surface area contributed by atoms with E-state index >= 15 is 0 Å². The van der Waals surface area contributed by atoms with E-state index in [4.69, 9.17) is 12.2 Å². The Labute approximate surface area is 146 Å². The van der Waals surface area contributed by atoms with Crippen LogP contribution in [0.15, 0.2) is 42.5 Å². The quantitative estimate of drug-likeness (QED) is 0.662. The predicted octanol–water partition coefficient (Wildman–Crippen LogP) is 3.22. The minimum Gasteiger partial charge on any atom is -0.465 e. The van der Waals surface area contributed by atoms with Gasteiger partial charge in [0.05, 0.1) is 12.7 Å². The third kappa shape index (κ3) is 4.39. The van der Waals surface area contributed by atoms with Crippen molar-refractivity contribution >= 4 is 34.9 Å². The zero-order chi connectivity index (χ0) is 17.7. The second-order valence-corrected chi connectivity index (χ2v) is 5.71. The number of methoxy groups -OCH3 is 1. The van der Waals surface area contributed by atoms with Crippen LogP contribution in [0.3, 0.4) is 0 Å². The second-order valence-electron chi connectivity index (χ2n) is 5.30. The van der Waals surface area contributed by atoms with Crippen LogP contribution in [0.5, 0.6) is 0 Å². The van der Waals surface area contributed by atoms with E-state index in [1.165, 1.54) is 13.2 Å². The molecule has 0 radical (unpaired) electrons. The maximum atomic E-state index is 12.3. The van der Waals surface area contributed by atoms with Crippen LogP contribution in [0, 0.1) is 13.8 Å². The van der Waals surface area contributed by atoms with E-state index in [2.05, 4.69) is 15.4 Å². The monoisotopic (exact) mass is 342 g/mol. The summed E-state index contributed by atoms with van der Waals surface area (Å²) >= 11 is 5.19. The topological polar surface area (TPSA) is 67.4 Å². The fourth-order valence-corrected chi connectivity index (χ4v) is 2.31. The normalized spacial score (nSPS) is 9.96. The zero-order valence-corrected chi connectivity index (χ0v) is 14.5. The van der Waals surface area contributed by atoms with Gasteiger partial charge in [-0.2, -0.15) is 0 Å². The van der Waals surface area contributed by atoms with Gasteiger partial charge in [-0.25, -0.2) is 4.79 Å². The average molecular weight is 342 g/mol. The smallest absolute Gasteiger partial charge is 0.337 e. The lowest BCUT2D eigenvalue weighted by Gasteiger charge is -2.12. The summed E-state index contributed by atoms with van der Waals surface area (Å²) in [5.74, 6) is -0.899. The molecule has 2 N–H and O–H groups in total. The maximum Gasteiger partial charge on any atom is 0.337 e. The van der Waals surface area contributed by atoms with Crippen molar-refractivity contribution in [2.75, 3.05) is 12.4 Å². The summed E-state index contributed by atoms with van der Waals surface area (Å²) in [7, 11) is 1.29. The Hall–Kier alpha value is -2.73. The molecule has 0 saturated heterocycles. The maximum absolute atomic E-state index is 12.3. The van der Waals surface area contributed by atoms with Crippen LogP contribution in [-0.4, -0.2) is 24.1 Å². The summed E-state index contributed by atoms with van der Waals surface area (Å²) in [4.78, 5) is 23.8. The first-order valence-corrected chi connectivity index (χ1v) is 7.69. The van der Waals surface area contributed by atoms with Crippen molar-refractivity contribution in [3.8, 4) is 0 Å². The molecule has 124 valence electrons. The van der Waals surface area contributed by atoms with Crippen molar-refractivity contribution in [3.63, 3.8) is 0 Å². The van der Waals surface area contributed by atoms with Crippen LogP contribution in [0.1, 0.15) is 31.8 Å². The molecule has 0 saturated carbocycles. The highest BCUT2D eigenvalue weighted by Crippen LogP contribution is 2.16. The number of rotatable bonds is 3. The number of hydrogen-bond donors (Lipinski definition) is 2. The largest absolute Gasteiger partial charge is 0.465 e. The van der Waals surface area contributed by atoms with Gasteiger partial charge in [-0.1, -0.05) is 18.2 Å². The van der Waals surface area contributed by atoms with E-state index in [0.717, 1.165) is 16.8 Å². The van der Waals surface area contributed by atoms with Crippen LogP contribution in [-0.2, 0) is 4.74 Å². The fraction of sp³-hybridized carbons (Fsp3) is 0.167. The molecule has 0 atom stereocenters. The number of aryl methyl sites for hydroxylation is 2. The molecule has 0 fully saturated rings. The van der Waals surface area contributed by atoms with Crippen molar-refractivity contribution in [3.05, 3.63) is 64.7 Å². The van der Waals surface area contributed by atoms with E-state index in [9.17, 15) is 9.59 Å². The van der Waals surface area contributed by atoms with E-state index < -0.39 is 11.9 Å². The van der Waals surface area contributed by atoms with Crippen molar-refractivity contribution in [2.45, 2.75) is 13.8 Å². The number of benzene rings is 2. The van der Waals surface area contributed by atoms with Gasteiger partial charge in [-0.15, -0.1) is 0 Å². The van der Waals surface area contributed by atoms with Crippen LogP contribution < -0.4 is 10.6 Å². The zero-order valence-electron chi connectivity index (χ0n) is 13.7. The van der Waals surface area contributed by atoms with Crippen LogP contribution in [0.25, 0.3) is 0 Å². The first-order chi connectivity index (χ1) is 11.4. The molecular formula is C18H18N2O3S. The van der Waals surface area contributed by atoms with Gasteiger partial charge in [0.25, 0.3) is 5.91 Å². The van der Waals surface area contributed by atoms with E-state index in [1.807, 2.05) is 32.0 Å². The van der Waals surface area contributed by atoms with Gasteiger partial charge in [0, 0.05) is 11.3 Å². The van der Waals surface area contributed by atoms with Gasteiger partial charge in [0.15, 0.2) is 5.11 Å².